The van der Waals surface area contributed by atoms with E-state index in [1.54, 1.807) is 29.7 Å². The lowest BCUT2D eigenvalue weighted by molar-refractivity contribution is -0.117. The van der Waals surface area contributed by atoms with Crippen molar-refractivity contribution in [3.05, 3.63) is 53.1 Å². The average Bonchev–Trinajstić information content (AvgIpc) is 3.25. The summed E-state index contributed by atoms with van der Waals surface area (Å²) < 4.78 is 28.4. The van der Waals surface area contributed by atoms with Gasteiger partial charge in [-0.25, -0.2) is 13.8 Å². The van der Waals surface area contributed by atoms with Crippen molar-refractivity contribution in [2.24, 2.45) is 5.92 Å². The van der Waals surface area contributed by atoms with Crippen LogP contribution < -0.4 is 5.32 Å². The van der Waals surface area contributed by atoms with E-state index in [4.69, 9.17) is 11.6 Å². The second-order valence-electron chi connectivity index (χ2n) is 6.16. The molecule has 4 rings (SSSR count). The highest BCUT2D eigenvalue weighted by molar-refractivity contribution is 6.32. The average molecular weight is 362 g/mol. The first-order valence-corrected chi connectivity index (χ1v) is 8.21. The maximum Gasteiger partial charge on any atom is 0.231 e. The molecule has 4 nitrogen and oxygen atoms in total. The number of nitrogens with one attached hydrogen (secondary N) is 1. The second-order valence-corrected chi connectivity index (χ2v) is 6.52. The van der Waals surface area contributed by atoms with Gasteiger partial charge in [0.25, 0.3) is 0 Å². The number of pyridine rings is 1. The first kappa shape index (κ1) is 16.0. The van der Waals surface area contributed by atoms with Crippen molar-refractivity contribution >= 4 is 29.0 Å². The molecule has 1 aliphatic carbocycles. The molecule has 0 aliphatic heterocycles. The number of alkyl halides is 1. The monoisotopic (exact) mass is 361 g/mol. The van der Waals surface area contributed by atoms with Crippen LogP contribution in [0.1, 0.15) is 12.0 Å². The number of anilines is 1. The van der Waals surface area contributed by atoms with Crippen LogP contribution in [0.15, 0.2) is 36.5 Å². The molecule has 1 fully saturated rings. The van der Waals surface area contributed by atoms with E-state index in [1.807, 2.05) is 12.1 Å². The summed E-state index contributed by atoms with van der Waals surface area (Å²) in [5.74, 6) is -1.13. The van der Waals surface area contributed by atoms with Crippen molar-refractivity contribution in [2.75, 3.05) is 5.32 Å². The molecular weight excluding hydrogens is 348 g/mol. The highest BCUT2D eigenvalue weighted by atomic mass is 35.5. The van der Waals surface area contributed by atoms with Crippen LogP contribution in [-0.4, -0.2) is 21.5 Å². The van der Waals surface area contributed by atoms with Crippen LogP contribution in [0.4, 0.5) is 14.6 Å². The molecule has 128 valence electrons. The molecule has 25 heavy (non-hydrogen) atoms. The fraction of sp³-hybridized carbons (Fsp3) is 0.222. The van der Waals surface area contributed by atoms with Crippen LogP contribution >= 0.6 is 11.6 Å². The Morgan fingerprint density at radius 3 is 2.84 bits per heavy atom. The van der Waals surface area contributed by atoms with Gasteiger partial charge in [-0.3, -0.25) is 9.20 Å². The molecule has 1 N–H and O–H groups in total. The second kappa shape index (κ2) is 5.81. The van der Waals surface area contributed by atoms with Crippen molar-refractivity contribution in [1.82, 2.24) is 9.38 Å². The van der Waals surface area contributed by atoms with Gasteiger partial charge >= 0.3 is 0 Å². The Kier molecular flexibility index (Phi) is 3.72. The molecule has 0 saturated heterocycles. The van der Waals surface area contributed by atoms with Crippen molar-refractivity contribution in [3.63, 3.8) is 0 Å². The molecule has 1 amide bonds. The first-order valence-electron chi connectivity index (χ1n) is 7.83. The van der Waals surface area contributed by atoms with E-state index < -0.39 is 18.0 Å². The summed E-state index contributed by atoms with van der Waals surface area (Å²) in [6.07, 6.45) is 0.884. The van der Waals surface area contributed by atoms with Crippen molar-refractivity contribution < 1.29 is 13.6 Å². The SMILES string of the molecule is Cc1c(F)cccc1-c1ccc2nc(NC(=O)C3CC3F)c(Cl)n2c1. The summed E-state index contributed by atoms with van der Waals surface area (Å²) in [5, 5.41) is 2.79. The summed E-state index contributed by atoms with van der Waals surface area (Å²) in [7, 11) is 0. The molecule has 2 atom stereocenters. The lowest BCUT2D eigenvalue weighted by atomic mass is 10.0. The Morgan fingerprint density at radius 1 is 1.36 bits per heavy atom. The highest BCUT2D eigenvalue weighted by Gasteiger charge is 2.44. The summed E-state index contributed by atoms with van der Waals surface area (Å²) in [4.78, 5) is 16.1. The van der Waals surface area contributed by atoms with E-state index >= 15 is 0 Å². The third-order valence-electron chi connectivity index (χ3n) is 4.43. The molecule has 0 spiro atoms. The standard InChI is InChI=1S/C18H14ClF2N3O/c1-9-11(3-2-4-13(9)20)10-5-6-15-22-17(16(19)24(15)8-10)23-18(25)12-7-14(12)21/h2-6,8,12,14H,7H2,1H3,(H,23,25). The summed E-state index contributed by atoms with van der Waals surface area (Å²) in [5.41, 5.74) is 2.59. The third-order valence-corrected chi connectivity index (χ3v) is 4.79. The molecule has 2 unspecified atom stereocenters. The van der Waals surface area contributed by atoms with E-state index in [9.17, 15) is 13.6 Å². The molecule has 1 saturated carbocycles. The molecule has 2 aromatic heterocycles. The van der Waals surface area contributed by atoms with E-state index in [-0.39, 0.29) is 23.2 Å². The molecule has 0 radical (unpaired) electrons. The number of aromatic nitrogens is 2. The number of imidazole rings is 1. The van der Waals surface area contributed by atoms with Crippen LogP contribution in [0.25, 0.3) is 16.8 Å². The van der Waals surface area contributed by atoms with E-state index in [2.05, 4.69) is 10.3 Å². The van der Waals surface area contributed by atoms with E-state index in [1.165, 1.54) is 6.07 Å². The summed E-state index contributed by atoms with van der Waals surface area (Å²) >= 11 is 6.31. The Labute approximate surface area is 147 Å². The van der Waals surface area contributed by atoms with Crippen molar-refractivity contribution in [1.29, 1.82) is 0 Å². The number of fused-ring (bicyclic) bond motifs is 1. The van der Waals surface area contributed by atoms with E-state index in [0.717, 1.165) is 11.1 Å². The number of halogens is 3. The third kappa shape index (κ3) is 2.76. The van der Waals surface area contributed by atoms with Crippen LogP contribution in [0.2, 0.25) is 5.15 Å². The minimum absolute atomic E-state index is 0.193. The van der Waals surface area contributed by atoms with E-state index in [0.29, 0.717) is 11.2 Å². The molecule has 1 aliphatic rings. The predicted molar refractivity (Wildman–Crippen MR) is 92.0 cm³/mol. The number of carbonyl (C=O) groups is 1. The molecule has 1 aromatic carbocycles. The quantitative estimate of drug-likeness (QED) is 0.751. The van der Waals surface area contributed by atoms with Crippen molar-refractivity contribution in [3.8, 4) is 11.1 Å². The normalized spacial score (nSPS) is 19.2. The van der Waals surface area contributed by atoms with Gasteiger partial charge in [0.2, 0.25) is 5.91 Å². The topological polar surface area (TPSA) is 46.4 Å². The maximum atomic E-state index is 13.8. The van der Waals surface area contributed by atoms with Gasteiger partial charge in [0.15, 0.2) is 11.0 Å². The van der Waals surface area contributed by atoms with Crippen LogP contribution in [0, 0.1) is 18.7 Å². The molecule has 7 heteroatoms. The maximum absolute atomic E-state index is 13.8. The number of benzene rings is 1. The zero-order valence-corrected chi connectivity index (χ0v) is 14.0. The van der Waals surface area contributed by atoms with Gasteiger partial charge in [-0.05, 0) is 48.2 Å². The Bertz CT molecular complexity index is 1000. The fourth-order valence-electron chi connectivity index (χ4n) is 2.82. The number of carbonyl (C=O) groups excluding carboxylic acids is 1. The van der Waals surface area contributed by atoms with Gasteiger partial charge < -0.3 is 5.32 Å². The van der Waals surface area contributed by atoms with Crippen LogP contribution in [0.5, 0.6) is 0 Å². The zero-order valence-electron chi connectivity index (χ0n) is 13.3. The van der Waals surface area contributed by atoms with Gasteiger partial charge in [0.05, 0.1) is 5.92 Å². The number of hydrogen-bond acceptors (Lipinski definition) is 2. The molecular formula is C18H14ClF2N3O. The summed E-state index contributed by atoms with van der Waals surface area (Å²) in [6.45, 7) is 1.71. The smallest absolute Gasteiger partial charge is 0.231 e. The van der Waals surface area contributed by atoms with Crippen LogP contribution in [0.3, 0.4) is 0 Å². The van der Waals surface area contributed by atoms with Crippen molar-refractivity contribution in [2.45, 2.75) is 19.5 Å². The van der Waals surface area contributed by atoms with Gasteiger partial charge in [0.1, 0.15) is 17.6 Å². The molecule has 2 heterocycles. The largest absolute Gasteiger partial charge is 0.308 e. The lowest BCUT2D eigenvalue weighted by Gasteiger charge is -2.07. The predicted octanol–water partition coefficient (Wildman–Crippen LogP) is 4.40. The molecule has 0 bridgehead atoms. The summed E-state index contributed by atoms with van der Waals surface area (Å²) in [6, 6.07) is 8.42. The fourth-order valence-corrected chi connectivity index (χ4v) is 3.04. The zero-order chi connectivity index (χ0) is 17.7. The van der Waals surface area contributed by atoms with Gasteiger partial charge in [-0.2, -0.15) is 0 Å². The Balaban J connectivity index is 1.72. The number of rotatable bonds is 3. The lowest BCUT2D eigenvalue weighted by Crippen LogP contribution is -2.15. The van der Waals surface area contributed by atoms with Gasteiger partial charge in [-0.1, -0.05) is 23.7 Å². The molecule has 3 aromatic rings. The van der Waals surface area contributed by atoms with Gasteiger partial charge in [-0.15, -0.1) is 0 Å². The highest BCUT2D eigenvalue weighted by Crippen LogP contribution is 2.35. The minimum atomic E-state index is -1.08. The number of amides is 1. The number of hydrogen-bond donors (Lipinski definition) is 1. The Morgan fingerprint density at radius 2 is 2.12 bits per heavy atom. The van der Waals surface area contributed by atoms with Gasteiger partial charge in [0, 0.05) is 6.20 Å². The minimum Gasteiger partial charge on any atom is -0.308 e. The Hall–Kier alpha value is -2.47. The number of nitrogens with zero attached hydrogens (tertiary/aromatic N) is 2. The van der Waals surface area contributed by atoms with Crippen LogP contribution in [-0.2, 0) is 4.79 Å². The first-order chi connectivity index (χ1) is 12.0.